The highest BCUT2D eigenvalue weighted by atomic mass is 32.1. The normalized spacial score (nSPS) is 15.8. The van der Waals surface area contributed by atoms with Crippen molar-refractivity contribution in [1.29, 1.82) is 0 Å². The van der Waals surface area contributed by atoms with Gasteiger partial charge in [-0.2, -0.15) is 0 Å². The molecule has 1 atom stereocenters. The Morgan fingerprint density at radius 2 is 1.21 bits per heavy atom. The average Bonchev–Trinajstić information content (AvgIpc) is 3.99. The molecule has 12 aromatic rings. The van der Waals surface area contributed by atoms with Crippen LogP contribution in [0, 0.1) is 5.92 Å². The molecule has 0 radical (unpaired) electrons. The maximum absolute atomic E-state index is 7.17. The number of thiophene rings is 1. The van der Waals surface area contributed by atoms with Crippen LogP contribution in [0.1, 0.15) is 30.0 Å². The lowest BCUT2D eigenvalue weighted by Crippen LogP contribution is -2.17. The van der Waals surface area contributed by atoms with Gasteiger partial charge in [0.25, 0.3) is 0 Å². The molecule has 5 heteroatoms. The van der Waals surface area contributed by atoms with Crippen LogP contribution >= 0.6 is 11.3 Å². The molecule has 0 N–H and O–H groups in total. The largest absolute Gasteiger partial charge is 0.454 e. The molecular formula is C57H37N3OS. The number of nitrogens with zero attached hydrogens (tertiary/aromatic N) is 3. The number of fused-ring (bicyclic) bond motifs is 11. The van der Waals surface area contributed by atoms with Gasteiger partial charge >= 0.3 is 0 Å². The van der Waals surface area contributed by atoms with E-state index >= 15 is 0 Å². The van der Waals surface area contributed by atoms with Crippen molar-refractivity contribution >= 4 is 114 Å². The van der Waals surface area contributed by atoms with Gasteiger partial charge in [0.05, 0.1) is 28.1 Å². The van der Waals surface area contributed by atoms with E-state index in [1.165, 1.54) is 41.7 Å². The number of amidine groups is 1. The van der Waals surface area contributed by atoms with E-state index in [0.29, 0.717) is 5.84 Å². The zero-order chi connectivity index (χ0) is 40.9. The molecule has 0 bridgehead atoms. The summed E-state index contributed by atoms with van der Waals surface area (Å²) in [6.45, 7) is 2.29. The van der Waals surface area contributed by atoms with Gasteiger partial charge < -0.3 is 8.98 Å². The van der Waals surface area contributed by atoms with Crippen LogP contribution in [0.15, 0.2) is 202 Å². The number of benzene rings is 9. The number of allylic oxidation sites excluding steroid dienone is 1. The number of aliphatic imine (C=N–C) groups is 2. The third-order valence-corrected chi connectivity index (χ3v) is 14.0. The van der Waals surface area contributed by atoms with Crippen molar-refractivity contribution in [1.82, 2.24) is 4.57 Å². The molecule has 0 saturated heterocycles. The van der Waals surface area contributed by atoms with E-state index in [1.807, 2.05) is 11.3 Å². The molecule has 4 nitrogen and oxygen atoms in total. The number of rotatable bonds is 4. The topological polar surface area (TPSA) is 42.8 Å². The molecule has 13 rings (SSSR count). The SMILES string of the molecule is CC1C/C=C(\c2ccc3c(c2)sc2ccccc23)N=C(c2c3ccccc3c(-n3c4ccccc4c4cc5ccccc5cc43)c3oc4ccccc4c23)N=C1c1ccccc1. The molecule has 1 unspecified atom stereocenters. The van der Waals surface area contributed by atoms with E-state index < -0.39 is 0 Å². The molecule has 1 aliphatic heterocycles. The van der Waals surface area contributed by atoms with Crippen LogP contribution in [0.4, 0.5) is 0 Å². The van der Waals surface area contributed by atoms with Gasteiger partial charge in [0, 0.05) is 64.1 Å². The molecule has 3 aromatic heterocycles. The predicted molar refractivity (Wildman–Crippen MR) is 264 cm³/mol. The van der Waals surface area contributed by atoms with Crippen molar-refractivity contribution in [2.24, 2.45) is 15.9 Å². The number of hydrogen-bond acceptors (Lipinski definition) is 4. The minimum atomic E-state index is 0.125. The molecule has 1 aliphatic rings. The van der Waals surface area contributed by atoms with Crippen LogP contribution in [-0.2, 0) is 0 Å². The van der Waals surface area contributed by atoms with Crippen LogP contribution in [-0.4, -0.2) is 16.1 Å². The first-order valence-electron chi connectivity index (χ1n) is 21.3. The predicted octanol–water partition coefficient (Wildman–Crippen LogP) is 15.7. The fraction of sp³-hybridized carbons (Fsp3) is 0.0526. The van der Waals surface area contributed by atoms with Crippen molar-refractivity contribution < 1.29 is 4.42 Å². The monoisotopic (exact) mass is 811 g/mol. The van der Waals surface area contributed by atoms with Gasteiger partial charge in [0.1, 0.15) is 5.58 Å². The quantitative estimate of drug-likeness (QED) is 0.175. The second-order valence-electron chi connectivity index (χ2n) is 16.5. The maximum atomic E-state index is 7.17. The van der Waals surface area contributed by atoms with Crippen LogP contribution < -0.4 is 0 Å². The fourth-order valence-electron chi connectivity index (χ4n) is 9.92. The summed E-state index contributed by atoms with van der Waals surface area (Å²) >= 11 is 1.83. The van der Waals surface area contributed by atoms with Gasteiger partial charge in [-0.15, -0.1) is 11.3 Å². The van der Waals surface area contributed by atoms with E-state index in [4.69, 9.17) is 14.4 Å². The van der Waals surface area contributed by atoms with Crippen molar-refractivity contribution in [3.63, 3.8) is 0 Å². The Morgan fingerprint density at radius 3 is 2.06 bits per heavy atom. The van der Waals surface area contributed by atoms with Gasteiger partial charge in [-0.25, -0.2) is 9.98 Å². The van der Waals surface area contributed by atoms with Crippen molar-refractivity contribution in [2.45, 2.75) is 13.3 Å². The number of furan rings is 1. The Morgan fingerprint density at radius 1 is 0.532 bits per heavy atom. The Balaban J connectivity index is 1.16. The number of para-hydroxylation sites is 2. The van der Waals surface area contributed by atoms with Gasteiger partial charge in [0.2, 0.25) is 0 Å². The molecule has 0 saturated carbocycles. The number of hydrogen-bond donors (Lipinski definition) is 0. The third-order valence-electron chi connectivity index (χ3n) is 12.8. The molecule has 4 heterocycles. The summed E-state index contributed by atoms with van der Waals surface area (Å²) in [7, 11) is 0. The van der Waals surface area contributed by atoms with Gasteiger partial charge in [0.15, 0.2) is 11.4 Å². The Hall–Kier alpha value is -7.60. The van der Waals surface area contributed by atoms with Crippen LogP contribution in [0.2, 0.25) is 0 Å². The smallest absolute Gasteiger partial charge is 0.161 e. The van der Waals surface area contributed by atoms with Crippen LogP contribution in [0.5, 0.6) is 0 Å². The van der Waals surface area contributed by atoms with Crippen molar-refractivity contribution in [3.8, 4) is 5.69 Å². The number of aromatic nitrogens is 1. The first-order chi connectivity index (χ1) is 30.7. The summed E-state index contributed by atoms with van der Waals surface area (Å²) in [6.07, 6.45) is 3.12. The first-order valence-corrected chi connectivity index (χ1v) is 22.1. The molecular weight excluding hydrogens is 775 g/mol. The summed E-state index contributed by atoms with van der Waals surface area (Å²) < 4.78 is 12.1. The van der Waals surface area contributed by atoms with Crippen molar-refractivity contribution in [2.75, 3.05) is 0 Å². The average molecular weight is 812 g/mol. The summed E-state index contributed by atoms with van der Waals surface area (Å²) in [5, 5.41) is 11.5. The highest BCUT2D eigenvalue weighted by Crippen LogP contribution is 2.46. The fourth-order valence-corrected chi connectivity index (χ4v) is 11.1. The lowest BCUT2D eigenvalue weighted by atomic mass is 9.92. The molecule has 292 valence electrons. The second-order valence-corrected chi connectivity index (χ2v) is 17.6. The van der Waals surface area contributed by atoms with E-state index in [2.05, 4.69) is 200 Å². The lowest BCUT2D eigenvalue weighted by Gasteiger charge is -2.20. The summed E-state index contributed by atoms with van der Waals surface area (Å²) in [4.78, 5) is 11.4. The highest BCUT2D eigenvalue weighted by molar-refractivity contribution is 7.25. The van der Waals surface area contributed by atoms with E-state index in [9.17, 15) is 0 Å². The second kappa shape index (κ2) is 13.7. The van der Waals surface area contributed by atoms with Crippen LogP contribution in [0.3, 0.4) is 0 Å². The maximum Gasteiger partial charge on any atom is 0.161 e. The van der Waals surface area contributed by atoms with Gasteiger partial charge in [-0.1, -0.05) is 159 Å². The molecule has 0 aliphatic carbocycles. The molecule has 0 amide bonds. The molecule has 62 heavy (non-hydrogen) atoms. The van der Waals surface area contributed by atoms with Gasteiger partial charge in [-0.05, 0) is 64.5 Å². The summed E-state index contributed by atoms with van der Waals surface area (Å²) in [5.41, 5.74) is 9.98. The summed E-state index contributed by atoms with van der Waals surface area (Å²) in [5.74, 6) is 0.797. The molecule has 9 aromatic carbocycles. The van der Waals surface area contributed by atoms with Crippen molar-refractivity contribution in [3.05, 3.63) is 205 Å². The minimum absolute atomic E-state index is 0.125. The van der Waals surface area contributed by atoms with E-state index in [1.54, 1.807) is 0 Å². The Kier molecular flexibility index (Phi) is 7.78. The zero-order valence-corrected chi connectivity index (χ0v) is 34.7. The Bertz CT molecular complexity index is 3920. The van der Waals surface area contributed by atoms with E-state index in [0.717, 1.165) is 84.0 Å². The van der Waals surface area contributed by atoms with E-state index in [-0.39, 0.29) is 5.92 Å². The van der Waals surface area contributed by atoms with Gasteiger partial charge in [-0.3, -0.25) is 0 Å². The lowest BCUT2D eigenvalue weighted by molar-refractivity contribution is 0.667. The first kappa shape index (κ1) is 35.2. The van der Waals surface area contributed by atoms with Crippen LogP contribution in [0.25, 0.3) is 96.8 Å². The summed E-state index contributed by atoms with van der Waals surface area (Å²) in [6, 6.07) is 65.4. The molecule has 0 fully saturated rings. The minimum Gasteiger partial charge on any atom is -0.454 e. The Labute approximate surface area is 361 Å². The standard InChI is InChI=1S/C57H37N3OS/c1-34-27-30-46(38-28-29-41-40-20-11-14-26-50(40)62-51(41)33-38)58-57(59-54(34)35-15-3-2-4-16-35)53-42-21-7-8-22-43(42)55(56-52(53)44-23-10-13-25-49(44)61-56)60-47-24-12-9-19-39(47)45-31-36-17-5-6-18-37(36)32-48(45)60/h2-26,28-34H,27H2,1H3/b46-30+,58-57?,59-54?. The highest BCUT2D eigenvalue weighted by Gasteiger charge is 2.28. The third kappa shape index (κ3) is 5.31. The zero-order valence-electron chi connectivity index (χ0n) is 33.8. The molecule has 0 spiro atoms.